The molecule has 0 aliphatic carbocycles. The van der Waals surface area contributed by atoms with Crippen LogP contribution in [0.2, 0.25) is 0 Å². The highest BCUT2D eigenvalue weighted by Gasteiger charge is 2.13. The van der Waals surface area contributed by atoms with Crippen LogP contribution in [0.1, 0.15) is 11.1 Å². The molecule has 2 aromatic heterocycles. The quantitative estimate of drug-likeness (QED) is 0.762. The number of benzene rings is 1. The van der Waals surface area contributed by atoms with Gasteiger partial charge in [0.05, 0.1) is 18.3 Å². The lowest BCUT2D eigenvalue weighted by Crippen LogP contribution is -1.96. The Morgan fingerprint density at radius 1 is 1.11 bits per heavy atom. The summed E-state index contributed by atoms with van der Waals surface area (Å²) < 4.78 is 5.48. The van der Waals surface area contributed by atoms with E-state index in [9.17, 15) is 0 Å². The highest BCUT2D eigenvalue weighted by atomic mass is 16.5. The number of aromatic amines is 1. The average molecular weight is 253 g/mol. The second-order valence-electron chi connectivity index (χ2n) is 4.67. The lowest BCUT2D eigenvalue weighted by Gasteiger charge is -2.12. The first-order valence-corrected chi connectivity index (χ1v) is 6.15. The maximum atomic E-state index is 5.48. The largest absolute Gasteiger partial charge is 0.496 e. The van der Waals surface area contributed by atoms with Crippen LogP contribution in [-0.2, 0) is 0 Å². The van der Waals surface area contributed by atoms with E-state index in [1.54, 1.807) is 7.11 Å². The van der Waals surface area contributed by atoms with Gasteiger partial charge >= 0.3 is 0 Å². The van der Waals surface area contributed by atoms with Gasteiger partial charge in [-0.3, -0.25) is 0 Å². The van der Waals surface area contributed by atoms with Crippen LogP contribution in [0.3, 0.4) is 0 Å². The molecule has 4 heteroatoms. The van der Waals surface area contributed by atoms with E-state index >= 15 is 0 Å². The molecule has 0 aliphatic heterocycles. The lowest BCUT2D eigenvalue weighted by molar-refractivity contribution is 0.415. The SMILES string of the molecule is COc1cc(C)cc(C)c1-c1cc2[nH]ccc2nn1. The van der Waals surface area contributed by atoms with Crippen molar-refractivity contribution in [2.24, 2.45) is 0 Å². The van der Waals surface area contributed by atoms with Gasteiger partial charge < -0.3 is 9.72 Å². The Kier molecular flexibility index (Phi) is 2.71. The van der Waals surface area contributed by atoms with Crippen LogP contribution in [0.25, 0.3) is 22.3 Å². The van der Waals surface area contributed by atoms with Crippen molar-refractivity contribution in [2.75, 3.05) is 7.11 Å². The lowest BCUT2D eigenvalue weighted by atomic mass is 10.0. The maximum Gasteiger partial charge on any atom is 0.128 e. The van der Waals surface area contributed by atoms with Crippen molar-refractivity contribution < 1.29 is 4.74 Å². The van der Waals surface area contributed by atoms with E-state index in [2.05, 4.69) is 35.1 Å². The van der Waals surface area contributed by atoms with Gasteiger partial charge in [-0.15, -0.1) is 10.2 Å². The Balaban J connectivity index is 2.25. The standard InChI is InChI=1S/C15H15N3O/c1-9-6-10(2)15(14(7-9)19-3)13-8-12-11(17-18-13)4-5-16-12/h4-8,16H,1-3H3. The number of methoxy groups -OCH3 is 1. The summed E-state index contributed by atoms with van der Waals surface area (Å²) in [4.78, 5) is 3.15. The summed E-state index contributed by atoms with van der Waals surface area (Å²) >= 11 is 0. The molecule has 2 heterocycles. The molecule has 3 rings (SSSR count). The first-order valence-electron chi connectivity index (χ1n) is 6.15. The van der Waals surface area contributed by atoms with Gasteiger partial charge in [0.1, 0.15) is 11.3 Å². The van der Waals surface area contributed by atoms with Crippen LogP contribution in [0.4, 0.5) is 0 Å². The molecular weight excluding hydrogens is 238 g/mol. The van der Waals surface area contributed by atoms with Gasteiger partial charge in [0, 0.05) is 11.8 Å². The van der Waals surface area contributed by atoms with Gasteiger partial charge in [-0.2, -0.15) is 0 Å². The average Bonchev–Trinajstić information content (AvgIpc) is 2.84. The van der Waals surface area contributed by atoms with Crippen LogP contribution in [0.15, 0.2) is 30.5 Å². The molecule has 4 nitrogen and oxygen atoms in total. The van der Waals surface area contributed by atoms with Crippen LogP contribution < -0.4 is 4.74 Å². The summed E-state index contributed by atoms with van der Waals surface area (Å²) in [5.74, 6) is 0.831. The Morgan fingerprint density at radius 3 is 2.74 bits per heavy atom. The molecule has 19 heavy (non-hydrogen) atoms. The van der Waals surface area contributed by atoms with Gasteiger partial charge in [0.15, 0.2) is 0 Å². The number of nitrogens with one attached hydrogen (secondary N) is 1. The van der Waals surface area contributed by atoms with Crippen molar-refractivity contribution in [3.05, 3.63) is 41.6 Å². The molecular formula is C15H15N3O. The Hall–Kier alpha value is -2.36. The number of aromatic nitrogens is 3. The zero-order valence-corrected chi connectivity index (χ0v) is 11.2. The molecule has 0 fully saturated rings. The van der Waals surface area contributed by atoms with Crippen LogP contribution in [0, 0.1) is 13.8 Å². The molecule has 96 valence electrons. The molecule has 1 N–H and O–H groups in total. The molecule has 0 amide bonds. The van der Waals surface area contributed by atoms with Gasteiger partial charge in [-0.1, -0.05) is 6.07 Å². The normalized spacial score (nSPS) is 10.9. The predicted octanol–water partition coefficient (Wildman–Crippen LogP) is 3.25. The van der Waals surface area contributed by atoms with Crippen molar-refractivity contribution in [3.8, 4) is 17.0 Å². The summed E-state index contributed by atoms with van der Waals surface area (Å²) in [7, 11) is 1.68. The molecule has 0 bridgehead atoms. The number of nitrogens with zero attached hydrogens (tertiary/aromatic N) is 2. The van der Waals surface area contributed by atoms with E-state index in [-0.39, 0.29) is 0 Å². The smallest absolute Gasteiger partial charge is 0.128 e. The minimum atomic E-state index is 0.823. The zero-order valence-electron chi connectivity index (χ0n) is 11.2. The molecule has 3 aromatic rings. The van der Waals surface area contributed by atoms with Gasteiger partial charge in [-0.25, -0.2) is 0 Å². The number of rotatable bonds is 2. The second-order valence-corrected chi connectivity index (χ2v) is 4.67. The van der Waals surface area contributed by atoms with E-state index in [0.717, 1.165) is 33.6 Å². The molecule has 0 saturated carbocycles. The van der Waals surface area contributed by atoms with Gasteiger partial charge in [0.25, 0.3) is 0 Å². The summed E-state index contributed by atoms with van der Waals surface area (Å²) in [6.07, 6.45) is 1.86. The molecule has 0 spiro atoms. The number of hydrogen-bond donors (Lipinski definition) is 1. The second kappa shape index (κ2) is 4.39. The summed E-state index contributed by atoms with van der Waals surface area (Å²) in [5, 5.41) is 8.52. The van der Waals surface area contributed by atoms with E-state index in [0.29, 0.717) is 0 Å². The van der Waals surface area contributed by atoms with Crippen LogP contribution in [0.5, 0.6) is 5.75 Å². The van der Waals surface area contributed by atoms with Crippen molar-refractivity contribution in [1.29, 1.82) is 0 Å². The number of hydrogen-bond acceptors (Lipinski definition) is 3. The Morgan fingerprint density at radius 2 is 1.95 bits per heavy atom. The third kappa shape index (κ3) is 1.95. The van der Waals surface area contributed by atoms with Crippen molar-refractivity contribution in [1.82, 2.24) is 15.2 Å². The molecule has 0 saturated heterocycles. The molecule has 0 atom stereocenters. The third-order valence-electron chi connectivity index (χ3n) is 3.22. The highest BCUT2D eigenvalue weighted by Crippen LogP contribution is 2.33. The van der Waals surface area contributed by atoms with E-state index in [4.69, 9.17) is 4.74 Å². The highest BCUT2D eigenvalue weighted by molar-refractivity contribution is 5.81. The number of fused-ring (bicyclic) bond motifs is 1. The van der Waals surface area contributed by atoms with Gasteiger partial charge in [-0.05, 0) is 43.2 Å². The topological polar surface area (TPSA) is 50.8 Å². The fourth-order valence-electron chi connectivity index (χ4n) is 2.39. The summed E-state index contributed by atoms with van der Waals surface area (Å²) in [6.45, 7) is 4.12. The first-order chi connectivity index (χ1) is 9.19. The summed E-state index contributed by atoms with van der Waals surface area (Å²) in [6, 6.07) is 8.05. The number of H-pyrrole nitrogens is 1. The maximum absolute atomic E-state index is 5.48. The summed E-state index contributed by atoms with van der Waals surface area (Å²) in [5.41, 5.74) is 5.98. The molecule has 0 unspecified atom stereocenters. The minimum absolute atomic E-state index is 0.823. The van der Waals surface area contributed by atoms with E-state index < -0.39 is 0 Å². The van der Waals surface area contributed by atoms with Crippen LogP contribution in [-0.4, -0.2) is 22.3 Å². The van der Waals surface area contributed by atoms with E-state index in [1.807, 2.05) is 24.4 Å². The fourth-order valence-corrected chi connectivity index (χ4v) is 2.39. The minimum Gasteiger partial charge on any atom is -0.496 e. The van der Waals surface area contributed by atoms with Gasteiger partial charge in [0.2, 0.25) is 0 Å². The van der Waals surface area contributed by atoms with Crippen LogP contribution >= 0.6 is 0 Å². The monoisotopic (exact) mass is 253 g/mol. The van der Waals surface area contributed by atoms with E-state index in [1.165, 1.54) is 5.56 Å². The number of ether oxygens (including phenoxy) is 1. The van der Waals surface area contributed by atoms with Crippen molar-refractivity contribution in [3.63, 3.8) is 0 Å². The fraction of sp³-hybridized carbons (Fsp3) is 0.200. The first kappa shape index (κ1) is 11.7. The van der Waals surface area contributed by atoms with Crippen molar-refractivity contribution in [2.45, 2.75) is 13.8 Å². The Labute approximate surface area is 111 Å². The zero-order chi connectivity index (χ0) is 13.4. The molecule has 0 radical (unpaired) electrons. The Bertz CT molecular complexity index is 746. The van der Waals surface area contributed by atoms with Crippen molar-refractivity contribution >= 4 is 11.0 Å². The molecule has 0 aliphatic rings. The predicted molar refractivity (Wildman–Crippen MR) is 75.4 cm³/mol. The third-order valence-corrected chi connectivity index (χ3v) is 3.22. The number of aryl methyl sites for hydroxylation is 2. The molecule has 1 aromatic carbocycles.